The van der Waals surface area contributed by atoms with Gasteiger partial charge in [0.2, 0.25) is 5.95 Å². The summed E-state index contributed by atoms with van der Waals surface area (Å²) in [4.78, 5) is 16.4. The number of nitro groups is 1. The van der Waals surface area contributed by atoms with Gasteiger partial charge in [0, 0.05) is 25.5 Å². The average molecular weight is 297 g/mol. The number of hydrogen-bond acceptors (Lipinski definition) is 6. The van der Waals surface area contributed by atoms with Crippen LogP contribution in [0.25, 0.3) is 0 Å². The highest BCUT2D eigenvalue weighted by atomic mass is 32.2. The van der Waals surface area contributed by atoms with Gasteiger partial charge in [-0.2, -0.15) is 0 Å². The summed E-state index contributed by atoms with van der Waals surface area (Å²) in [5, 5.41) is 13.4. The van der Waals surface area contributed by atoms with Gasteiger partial charge in [-0.15, -0.1) is 0 Å². The predicted octanol–water partition coefficient (Wildman–Crippen LogP) is 1.16. The summed E-state index contributed by atoms with van der Waals surface area (Å²) < 4.78 is 26.4. The molecule has 0 aliphatic heterocycles. The molecule has 0 fully saturated rings. The number of sulfonamides is 1. The minimum Gasteiger partial charge on any atom is -0.383 e. The smallest absolute Gasteiger partial charge is 0.292 e. The zero-order chi connectivity index (χ0) is 14.8. The van der Waals surface area contributed by atoms with E-state index in [-0.39, 0.29) is 22.2 Å². The van der Waals surface area contributed by atoms with Gasteiger partial charge in [-0.3, -0.25) is 10.1 Å². The number of benzene rings is 1. The minimum atomic E-state index is -3.86. The monoisotopic (exact) mass is 297 g/mol. The summed E-state index contributed by atoms with van der Waals surface area (Å²) in [6, 6.07) is 3.47. The van der Waals surface area contributed by atoms with Crippen LogP contribution in [0.5, 0.6) is 0 Å². The van der Waals surface area contributed by atoms with Crippen molar-refractivity contribution in [1.82, 2.24) is 9.97 Å². The highest BCUT2D eigenvalue weighted by Crippen LogP contribution is 2.27. The van der Waals surface area contributed by atoms with E-state index >= 15 is 0 Å². The first-order chi connectivity index (χ1) is 9.44. The molecule has 0 amide bonds. The summed E-state index contributed by atoms with van der Waals surface area (Å²) in [6.07, 6.45) is 2.86. The van der Waals surface area contributed by atoms with Crippen molar-refractivity contribution in [2.75, 3.05) is 17.1 Å². The number of aromatic nitrogens is 2. The molecule has 1 aromatic heterocycles. The Bertz CT molecular complexity index is 726. The summed E-state index contributed by atoms with van der Waals surface area (Å²) in [6.45, 7) is 0. The van der Waals surface area contributed by atoms with Gasteiger partial charge in [-0.05, 0) is 12.1 Å². The van der Waals surface area contributed by atoms with Gasteiger partial charge in [0.15, 0.2) is 0 Å². The second-order valence-electron chi connectivity index (χ2n) is 3.73. The molecular weight excluding hydrogens is 286 g/mol. The summed E-state index contributed by atoms with van der Waals surface area (Å²) in [7, 11) is -2.39. The number of imidazole rings is 1. The molecule has 0 saturated heterocycles. The van der Waals surface area contributed by atoms with Crippen LogP contribution in [-0.4, -0.2) is 30.4 Å². The first-order valence-electron chi connectivity index (χ1n) is 5.42. The summed E-state index contributed by atoms with van der Waals surface area (Å²) in [5.41, 5.74) is -0.0956. The largest absolute Gasteiger partial charge is 0.383 e. The van der Waals surface area contributed by atoms with E-state index in [1.54, 1.807) is 0 Å². The van der Waals surface area contributed by atoms with E-state index in [1.807, 2.05) is 0 Å². The normalized spacial score (nSPS) is 11.1. The van der Waals surface area contributed by atoms with Crippen molar-refractivity contribution < 1.29 is 13.3 Å². The number of nitrogens with zero attached hydrogens (tertiary/aromatic N) is 2. The molecule has 2 aromatic rings. The molecule has 9 nitrogen and oxygen atoms in total. The number of H-pyrrole nitrogens is 1. The van der Waals surface area contributed by atoms with E-state index in [4.69, 9.17) is 0 Å². The molecule has 0 aliphatic carbocycles. The Labute approximate surface area is 114 Å². The molecule has 106 valence electrons. The van der Waals surface area contributed by atoms with E-state index in [1.165, 1.54) is 25.5 Å². The molecule has 0 spiro atoms. The van der Waals surface area contributed by atoms with Crippen LogP contribution in [0.15, 0.2) is 35.5 Å². The zero-order valence-electron chi connectivity index (χ0n) is 10.3. The number of nitrogens with one attached hydrogen (secondary N) is 3. The molecule has 3 N–H and O–H groups in total. The number of aromatic amines is 1. The molecule has 10 heteroatoms. The minimum absolute atomic E-state index is 0.0642. The van der Waals surface area contributed by atoms with Gasteiger partial charge in [-0.25, -0.2) is 18.1 Å². The fourth-order valence-electron chi connectivity index (χ4n) is 1.55. The van der Waals surface area contributed by atoms with Gasteiger partial charge in [0.05, 0.1) is 9.82 Å². The van der Waals surface area contributed by atoms with Gasteiger partial charge in [0.25, 0.3) is 15.7 Å². The van der Waals surface area contributed by atoms with Crippen molar-refractivity contribution in [3.63, 3.8) is 0 Å². The van der Waals surface area contributed by atoms with E-state index in [0.29, 0.717) is 0 Å². The van der Waals surface area contributed by atoms with Crippen LogP contribution in [0.3, 0.4) is 0 Å². The van der Waals surface area contributed by atoms with E-state index in [2.05, 4.69) is 20.0 Å². The van der Waals surface area contributed by atoms with Crippen LogP contribution in [0.2, 0.25) is 0 Å². The van der Waals surface area contributed by atoms with Crippen LogP contribution in [-0.2, 0) is 10.0 Å². The van der Waals surface area contributed by atoms with Gasteiger partial charge in [-0.1, -0.05) is 0 Å². The lowest BCUT2D eigenvalue weighted by Crippen LogP contribution is -2.14. The number of nitro benzene ring substituents is 1. The quantitative estimate of drug-likeness (QED) is 0.560. The Morgan fingerprint density at radius 1 is 1.40 bits per heavy atom. The first-order valence-corrected chi connectivity index (χ1v) is 6.91. The van der Waals surface area contributed by atoms with Crippen molar-refractivity contribution in [3.8, 4) is 0 Å². The van der Waals surface area contributed by atoms with Gasteiger partial charge >= 0.3 is 0 Å². The maximum absolute atomic E-state index is 12.1. The summed E-state index contributed by atoms with van der Waals surface area (Å²) >= 11 is 0. The maximum atomic E-state index is 12.1. The number of rotatable bonds is 5. The Hall–Kier alpha value is -2.62. The van der Waals surface area contributed by atoms with E-state index in [9.17, 15) is 18.5 Å². The standard InChI is InChI=1S/C10H11N5O4S/c1-11-8-6-7(2-3-9(8)15(16)17)20(18,19)14-10-12-4-5-13-10/h2-6,11H,1H3,(H2,12,13,14). The van der Waals surface area contributed by atoms with Crippen molar-refractivity contribution in [2.45, 2.75) is 4.90 Å². The Kier molecular flexibility index (Phi) is 3.57. The number of anilines is 2. The molecule has 0 saturated carbocycles. The fraction of sp³-hybridized carbons (Fsp3) is 0.100. The van der Waals surface area contributed by atoms with Crippen molar-refractivity contribution >= 4 is 27.3 Å². The molecule has 0 atom stereocenters. The molecule has 0 bridgehead atoms. The molecule has 0 radical (unpaired) electrons. The third kappa shape index (κ3) is 2.69. The SMILES string of the molecule is CNc1cc(S(=O)(=O)Nc2ncc[nH]2)ccc1[N+](=O)[O-]. The maximum Gasteiger partial charge on any atom is 0.292 e. The molecular formula is C10H11N5O4S. The van der Waals surface area contributed by atoms with Gasteiger partial charge in [0.1, 0.15) is 5.69 Å². The second-order valence-corrected chi connectivity index (χ2v) is 5.41. The van der Waals surface area contributed by atoms with E-state index in [0.717, 1.165) is 12.1 Å². The van der Waals surface area contributed by atoms with Crippen LogP contribution in [0.1, 0.15) is 0 Å². The van der Waals surface area contributed by atoms with Gasteiger partial charge < -0.3 is 10.3 Å². The van der Waals surface area contributed by atoms with Crippen molar-refractivity contribution in [2.24, 2.45) is 0 Å². The Morgan fingerprint density at radius 3 is 2.70 bits per heavy atom. The Morgan fingerprint density at radius 2 is 2.15 bits per heavy atom. The molecule has 1 heterocycles. The van der Waals surface area contributed by atoms with Crippen LogP contribution < -0.4 is 10.0 Å². The average Bonchev–Trinajstić information content (AvgIpc) is 2.89. The summed E-state index contributed by atoms with van der Waals surface area (Å²) in [5.74, 6) is 0.0642. The number of hydrogen-bond donors (Lipinski definition) is 3. The molecule has 2 rings (SSSR count). The lowest BCUT2D eigenvalue weighted by atomic mass is 10.3. The first kappa shape index (κ1) is 13.8. The lowest BCUT2D eigenvalue weighted by molar-refractivity contribution is -0.384. The predicted molar refractivity (Wildman–Crippen MR) is 72.0 cm³/mol. The fourth-order valence-corrected chi connectivity index (χ4v) is 2.55. The van der Waals surface area contributed by atoms with Crippen molar-refractivity contribution in [1.29, 1.82) is 0 Å². The third-order valence-corrected chi connectivity index (χ3v) is 3.81. The highest BCUT2D eigenvalue weighted by Gasteiger charge is 2.20. The second kappa shape index (κ2) is 5.17. The van der Waals surface area contributed by atoms with Crippen LogP contribution >= 0.6 is 0 Å². The van der Waals surface area contributed by atoms with Crippen molar-refractivity contribution in [3.05, 3.63) is 40.7 Å². The Balaban J connectivity index is 2.40. The van der Waals surface area contributed by atoms with Crippen LogP contribution in [0.4, 0.5) is 17.3 Å². The van der Waals surface area contributed by atoms with Crippen LogP contribution in [0, 0.1) is 10.1 Å². The lowest BCUT2D eigenvalue weighted by Gasteiger charge is -2.07. The molecule has 1 aromatic carbocycles. The highest BCUT2D eigenvalue weighted by molar-refractivity contribution is 7.92. The molecule has 20 heavy (non-hydrogen) atoms. The van der Waals surface area contributed by atoms with E-state index < -0.39 is 14.9 Å². The molecule has 0 unspecified atom stereocenters. The topological polar surface area (TPSA) is 130 Å². The zero-order valence-corrected chi connectivity index (χ0v) is 11.1. The molecule has 0 aliphatic rings. The third-order valence-electron chi connectivity index (χ3n) is 2.47.